The van der Waals surface area contributed by atoms with Crippen LogP contribution in [0.15, 0.2) is 53.2 Å². The number of methoxy groups -OCH3 is 2. The van der Waals surface area contributed by atoms with Crippen molar-refractivity contribution in [3.8, 4) is 11.5 Å². The molecular weight excluding hydrogens is 421 g/mol. The van der Waals surface area contributed by atoms with Crippen LogP contribution >= 0.6 is 22.6 Å². The number of nitrogens with zero attached hydrogens (tertiary/aromatic N) is 1. The van der Waals surface area contributed by atoms with E-state index in [2.05, 4.69) is 27.6 Å². The van der Waals surface area contributed by atoms with Gasteiger partial charge in [0, 0.05) is 14.7 Å². The summed E-state index contributed by atoms with van der Waals surface area (Å²) < 4.78 is 16.8. The minimum absolute atomic E-state index is 0.218. The molecule has 0 aliphatic carbocycles. The van der Waals surface area contributed by atoms with Gasteiger partial charge >= 0.3 is 5.97 Å². The number of carbonyl (C=O) groups is 1. The lowest BCUT2D eigenvalue weighted by atomic mass is 10.1. The molecule has 0 radical (unpaired) electrons. The molecule has 3 rings (SSSR count). The summed E-state index contributed by atoms with van der Waals surface area (Å²) in [4.78, 5) is 16.4. The first-order valence-corrected chi connectivity index (χ1v) is 8.19. The summed E-state index contributed by atoms with van der Waals surface area (Å²) in [6.07, 6.45) is 1.63. The Hall–Kier alpha value is -2.35. The van der Waals surface area contributed by atoms with Crippen molar-refractivity contribution >= 4 is 40.5 Å². The standard InChI is InChI=1S/C18H14INO4/c1-22-14-6-7-16(23-2)12(9-14)10-15-18(21)24-17(20-15)11-4-3-5-13(19)8-11/h3-10H,1-2H3. The van der Waals surface area contributed by atoms with Crippen molar-refractivity contribution in [1.82, 2.24) is 0 Å². The van der Waals surface area contributed by atoms with Crippen molar-refractivity contribution in [3.63, 3.8) is 0 Å². The van der Waals surface area contributed by atoms with Crippen LogP contribution in [0, 0.1) is 3.57 Å². The molecule has 2 aromatic rings. The summed E-state index contributed by atoms with van der Waals surface area (Å²) in [5, 5.41) is 0. The molecule has 0 spiro atoms. The number of cyclic esters (lactones) is 1. The molecule has 0 amide bonds. The number of hydrogen-bond donors (Lipinski definition) is 0. The predicted octanol–water partition coefficient (Wildman–Crippen LogP) is 3.65. The van der Waals surface area contributed by atoms with Gasteiger partial charge in [0.1, 0.15) is 11.5 Å². The number of aliphatic imine (C=N–C) groups is 1. The van der Waals surface area contributed by atoms with Crippen molar-refractivity contribution in [2.24, 2.45) is 4.99 Å². The molecule has 1 aliphatic heterocycles. The lowest BCUT2D eigenvalue weighted by Gasteiger charge is -2.07. The van der Waals surface area contributed by atoms with Crippen molar-refractivity contribution in [3.05, 3.63) is 62.9 Å². The highest BCUT2D eigenvalue weighted by molar-refractivity contribution is 14.1. The summed E-state index contributed by atoms with van der Waals surface area (Å²) in [6.45, 7) is 0. The van der Waals surface area contributed by atoms with Gasteiger partial charge in [0.25, 0.3) is 0 Å². The second-order valence-corrected chi connectivity index (χ2v) is 6.20. The molecule has 0 unspecified atom stereocenters. The topological polar surface area (TPSA) is 57.1 Å². The molecule has 0 fully saturated rings. The van der Waals surface area contributed by atoms with Crippen LogP contribution in [0.2, 0.25) is 0 Å². The third kappa shape index (κ3) is 3.43. The highest BCUT2D eigenvalue weighted by atomic mass is 127. The Morgan fingerprint density at radius 2 is 1.96 bits per heavy atom. The molecule has 0 atom stereocenters. The van der Waals surface area contributed by atoms with E-state index < -0.39 is 5.97 Å². The fourth-order valence-electron chi connectivity index (χ4n) is 2.25. The summed E-state index contributed by atoms with van der Waals surface area (Å²) in [6, 6.07) is 12.9. The molecule has 1 aliphatic rings. The van der Waals surface area contributed by atoms with Crippen molar-refractivity contribution < 1.29 is 19.0 Å². The quantitative estimate of drug-likeness (QED) is 0.418. The van der Waals surface area contributed by atoms with Crippen molar-refractivity contribution in [2.45, 2.75) is 0 Å². The number of esters is 1. The summed E-state index contributed by atoms with van der Waals surface area (Å²) >= 11 is 2.20. The lowest BCUT2D eigenvalue weighted by Crippen LogP contribution is -2.05. The van der Waals surface area contributed by atoms with Gasteiger partial charge in [-0.1, -0.05) is 6.07 Å². The van der Waals surface area contributed by atoms with Crippen LogP contribution in [0.1, 0.15) is 11.1 Å². The Morgan fingerprint density at radius 3 is 2.67 bits per heavy atom. The van der Waals surface area contributed by atoms with Crippen molar-refractivity contribution in [2.75, 3.05) is 14.2 Å². The van der Waals surface area contributed by atoms with Crippen LogP contribution in [0.4, 0.5) is 0 Å². The Labute approximate surface area is 153 Å². The van der Waals surface area contributed by atoms with E-state index >= 15 is 0 Å². The van der Waals surface area contributed by atoms with Gasteiger partial charge in [-0.3, -0.25) is 0 Å². The van der Waals surface area contributed by atoms with Gasteiger partial charge in [0.15, 0.2) is 5.70 Å². The van der Waals surface area contributed by atoms with E-state index in [0.29, 0.717) is 23.0 Å². The summed E-state index contributed by atoms with van der Waals surface area (Å²) in [5.74, 6) is 1.09. The van der Waals surface area contributed by atoms with Crippen LogP contribution in [-0.2, 0) is 9.53 Å². The summed E-state index contributed by atoms with van der Waals surface area (Å²) in [5.41, 5.74) is 1.67. The second kappa shape index (κ2) is 7.04. The molecule has 1 heterocycles. The maximum atomic E-state index is 12.1. The third-order valence-electron chi connectivity index (χ3n) is 3.42. The number of ether oxygens (including phenoxy) is 3. The number of rotatable bonds is 4. The second-order valence-electron chi connectivity index (χ2n) is 4.95. The first-order chi connectivity index (χ1) is 11.6. The van der Waals surface area contributed by atoms with Gasteiger partial charge in [-0.2, -0.15) is 0 Å². The van der Waals surface area contributed by atoms with Gasteiger partial charge < -0.3 is 14.2 Å². The fourth-order valence-corrected chi connectivity index (χ4v) is 2.80. The highest BCUT2D eigenvalue weighted by Crippen LogP contribution is 2.28. The largest absolute Gasteiger partial charge is 0.497 e. The fraction of sp³-hybridized carbons (Fsp3) is 0.111. The first-order valence-electron chi connectivity index (χ1n) is 7.11. The SMILES string of the molecule is COc1ccc(OC)c(C=C2N=C(c3cccc(I)c3)OC2=O)c1. The average Bonchev–Trinajstić information content (AvgIpc) is 2.95. The molecule has 122 valence electrons. The minimum atomic E-state index is -0.492. The minimum Gasteiger partial charge on any atom is -0.497 e. The third-order valence-corrected chi connectivity index (χ3v) is 4.09. The molecule has 0 aromatic heterocycles. The molecular formula is C18H14INO4. The van der Waals surface area contributed by atoms with Crippen LogP contribution < -0.4 is 9.47 Å². The maximum Gasteiger partial charge on any atom is 0.363 e. The predicted molar refractivity (Wildman–Crippen MR) is 99.3 cm³/mol. The molecule has 2 aromatic carbocycles. The normalized spacial score (nSPS) is 15.2. The highest BCUT2D eigenvalue weighted by Gasteiger charge is 2.24. The number of carbonyl (C=O) groups excluding carboxylic acids is 1. The lowest BCUT2D eigenvalue weighted by molar-refractivity contribution is -0.129. The Kier molecular flexibility index (Phi) is 4.84. The molecule has 0 N–H and O–H groups in total. The Bertz CT molecular complexity index is 858. The van der Waals surface area contributed by atoms with Gasteiger partial charge in [0.05, 0.1) is 14.2 Å². The van der Waals surface area contributed by atoms with Gasteiger partial charge in [0.2, 0.25) is 5.90 Å². The zero-order valence-corrected chi connectivity index (χ0v) is 15.2. The monoisotopic (exact) mass is 435 g/mol. The molecule has 0 bridgehead atoms. The van der Waals surface area contributed by atoms with Gasteiger partial charge in [-0.25, -0.2) is 9.79 Å². The van der Waals surface area contributed by atoms with E-state index in [1.165, 1.54) is 0 Å². The zero-order chi connectivity index (χ0) is 17.1. The van der Waals surface area contributed by atoms with Crippen LogP contribution in [-0.4, -0.2) is 26.1 Å². The van der Waals surface area contributed by atoms with E-state index in [1.54, 1.807) is 38.5 Å². The number of halogens is 1. The van der Waals surface area contributed by atoms with E-state index in [1.807, 2.05) is 24.3 Å². The molecule has 0 saturated heterocycles. The molecule has 24 heavy (non-hydrogen) atoms. The first kappa shape index (κ1) is 16.5. The zero-order valence-electron chi connectivity index (χ0n) is 13.1. The van der Waals surface area contributed by atoms with E-state index in [9.17, 15) is 4.79 Å². The van der Waals surface area contributed by atoms with Crippen LogP contribution in [0.3, 0.4) is 0 Å². The van der Waals surface area contributed by atoms with Crippen LogP contribution in [0.25, 0.3) is 6.08 Å². The summed E-state index contributed by atoms with van der Waals surface area (Å²) in [7, 11) is 3.15. The van der Waals surface area contributed by atoms with Gasteiger partial charge in [-0.15, -0.1) is 0 Å². The number of hydrogen-bond acceptors (Lipinski definition) is 5. The average molecular weight is 435 g/mol. The smallest absolute Gasteiger partial charge is 0.363 e. The van der Waals surface area contributed by atoms with E-state index in [0.717, 1.165) is 9.13 Å². The molecule has 6 heteroatoms. The van der Waals surface area contributed by atoms with Crippen LogP contribution in [0.5, 0.6) is 11.5 Å². The van der Waals surface area contributed by atoms with E-state index in [4.69, 9.17) is 14.2 Å². The molecule has 0 saturated carbocycles. The van der Waals surface area contributed by atoms with Crippen molar-refractivity contribution in [1.29, 1.82) is 0 Å². The Morgan fingerprint density at radius 1 is 1.12 bits per heavy atom. The molecule has 5 nitrogen and oxygen atoms in total. The van der Waals surface area contributed by atoms with Gasteiger partial charge in [-0.05, 0) is 65.1 Å². The maximum absolute atomic E-state index is 12.1. The Balaban J connectivity index is 2.00. The van der Waals surface area contributed by atoms with E-state index in [-0.39, 0.29) is 5.70 Å². The number of benzene rings is 2.